The van der Waals surface area contributed by atoms with Crippen LogP contribution < -0.4 is 0 Å². The maximum atomic E-state index is 8.61. The fourth-order valence-corrected chi connectivity index (χ4v) is 1.61. The van der Waals surface area contributed by atoms with Crippen LogP contribution in [0.1, 0.15) is 18.1 Å². The Balaban J connectivity index is 2.11. The van der Waals surface area contributed by atoms with Crippen molar-refractivity contribution in [2.45, 2.75) is 12.5 Å². The Morgan fingerprint density at radius 2 is 1.92 bits per heavy atom. The third kappa shape index (κ3) is 0.958. The normalized spacial score (nSPS) is 17.2. The molecule has 0 spiro atoms. The van der Waals surface area contributed by atoms with Gasteiger partial charge < -0.3 is 9.84 Å². The van der Waals surface area contributed by atoms with E-state index in [9.17, 15) is 0 Å². The van der Waals surface area contributed by atoms with Gasteiger partial charge in [0.05, 0.1) is 13.2 Å². The van der Waals surface area contributed by atoms with Crippen molar-refractivity contribution in [3.8, 4) is 0 Å². The average molecular weight is 164 g/mol. The SMILES string of the molecule is CC1(OCCO)c2ccccc21. The molecular formula is C10H12O2. The molecule has 1 aliphatic rings. The third-order valence-corrected chi connectivity index (χ3v) is 2.37. The molecule has 0 fully saturated rings. The summed E-state index contributed by atoms with van der Waals surface area (Å²) in [6, 6.07) is 8.14. The fourth-order valence-electron chi connectivity index (χ4n) is 1.61. The minimum Gasteiger partial charge on any atom is -0.394 e. The summed E-state index contributed by atoms with van der Waals surface area (Å²) in [5, 5.41) is 8.61. The quantitative estimate of drug-likeness (QED) is 0.729. The molecule has 1 N–H and O–H groups in total. The van der Waals surface area contributed by atoms with Crippen molar-refractivity contribution in [3.63, 3.8) is 0 Å². The van der Waals surface area contributed by atoms with Crippen molar-refractivity contribution < 1.29 is 9.84 Å². The molecule has 0 aromatic heterocycles. The summed E-state index contributed by atoms with van der Waals surface area (Å²) in [7, 11) is 0. The van der Waals surface area contributed by atoms with Crippen molar-refractivity contribution in [3.05, 3.63) is 35.4 Å². The van der Waals surface area contributed by atoms with Gasteiger partial charge in [0.1, 0.15) is 5.60 Å². The van der Waals surface area contributed by atoms with Crippen LogP contribution in [0.15, 0.2) is 24.3 Å². The Morgan fingerprint density at radius 3 is 2.42 bits per heavy atom. The molecule has 0 amide bonds. The third-order valence-electron chi connectivity index (χ3n) is 2.37. The number of hydrogen-bond acceptors (Lipinski definition) is 2. The first-order valence-corrected chi connectivity index (χ1v) is 4.14. The second-order valence-corrected chi connectivity index (χ2v) is 3.15. The van der Waals surface area contributed by atoms with Gasteiger partial charge in [0.15, 0.2) is 0 Å². The lowest BCUT2D eigenvalue weighted by Gasteiger charge is -2.09. The van der Waals surface area contributed by atoms with E-state index in [-0.39, 0.29) is 12.2 Å². The first kappa shape index (κ1) is 7.77. The molecule has 1 aromatic carbocycles. The van der Waals surface area contributed by atoms with E-state index < -0.39 is 0 Å². The second-order valence-electron chi connectivity index (χ2n) is 3.15. The fraction of sp³-hybridized carbons (Fsp3) is 0.400. The number of hydrogen-bond donors (Lipinski definition) is 1. The summed E-state index contributed by atoms with van der Waals surface area (Å²) in [5.74, 6) is 0. The second kappa shape index (κ2) is 2.57. The van der Waals surface area contributed by atoms with Gasteiger partial charge in [-0.15, -0.1) is 0 Å². The van der Waals surface area contributed by atoms with Gasteiger partial charge in [-0.05, 0) is 18.1 Å². The number of rotatable bonds is 3. The highest BCUT2D eigenvalue weighted by Crippen LogP contribution is 2.49. The van der Waals surface area contributed by atoms with Gasteiger partial charge in [-0.2, -0.15) is 0 Å². The molecule has 12 heavy (non-hydrogen) atoms. The Morgan fingerprint density at radius 1 is 1.33 bits per heavy atom. The van der Waals surface area contributed by atoms with Gasteiger partial charge in [0.2, 0.25) is 0 Å². The first-order chi connectivity index (χ1) is 5.79. The van der Waals surface area contributed by atoms with Crippen molar-refractivity contribution in [1.82, 2.24) is 0 Å². The van der Waals surface area contributed by atoms with Gasteiger partial charge in [0, 0.05) is 0 Å². The molecule has 1 aliphatic carbocycles. The molecule has 64 valence electrons. The highest BCUT2D eigenvalue weighted by Gasteiger charge is 2.46. The zero-order chi connectivity index (χ0) is 8.60. The van der Waals surface area contributed by atoms with Gasteiger partial charge in [-0.3, -0.25) is 0 Å². The van der Waals surface area contributed by atoms with Crippen molar-refractivity contribution in [1.29, 1.82) is 0 Å². The van der Waals surface area contributed by atoms with Crippen molar-refractivity contribution in [2.75, 3.05) is 13.2 Å². The predicted molar refractivity (Wildman–Crippen MR) is 45.9 cm³/mol. The largest absolute Gasteiger partial charge is 0.394 e. The van der Waals surface area contributed by atoms with Crippen LogP contribution in [0.4, 0.5) is 0 Å². The van der Waals surface area contributed by atoms with Crippen LogP contribution in [0.25, 0.3) is 0 Å². The summed E-state index contributed by atoms with van der Waals surface area (Å²) in [6.45, 7) is 2.53. The topological polar surface area (TPSA) is 29.5 Å². The lowest BCUT2D eigenvalue weighted by molar-refractivity contribution is 0.0101. The van der Waals surface area contributed by atoms with Crippen LogP contribution in [0, 0.1) is 0 Å². The molecule has 0 unspecified atom stereocenters. The maximum Gasteiger partial charge on any atom is 0.116 e. The molecule has 1 aromatic rings. The lowest BCUT2D eigenvalue weighted by atomic mass is 10.3. The van der Waals surface area contributed by atoms with Crippen LogP contribution >= 0.6 is 0 Å². The summed E-state index contributed by atoms with van der Waals surface area (Å²) in [4.78, 5) is 0. The zero-order valence-electron chi connectivity index (χ0n) is 7.08. The Hall–Kier alpha value is -0.860. The molecular weight excluding hydrogens is 152 g/mol. The molecule has 2 rings (SSSR count). The van der Waals surface area contributed by atoms with Crippen LogP contribution in [-0.4, -0.2) is 18.3 Å². The molecule has 0 radical (unpaired) electrons. The lowest BCUT2D eigenvalue weighted by Crippen LogP contribution is -2.11. The molecule has 0 saturated carbocycles. The number of fused-ring (bicyclic) bond motifs is 1. The maximum absolute atomic E-state index is 8.61. The van der Waals surface area contributed by atoms with Crippen molar-refractivity contribution >= 4 is 0 Å². The zero-order valence-corrected chi connectivity index (χ0v) is 7.08. The van der Waals surface area contributed by atoms with Crippen LogP contribution in [0.3, 0.4) is 0 Å². The molecule has 0 bridgehead atoms. The van der Waals surface area contributed by atoms with Gasteiger partial charge in [0.25, 0.3) is 0 Å². The van der Waals surface area contributed by atoms with E-state index in [0.29, 0.717) is 6.61 Å². The van der Waals surface area contributed by atoms with Crippen LogP contribution in [0.2, 0.25) is 0 Å². The minimum atomic E-state index is -0.202. The van der Waals surface area contributed by atoms with Crippen LogP contribution in [-0.2, 0) is 10.3 Å². The number of aliphatic hydroxyl groups excluding tert-OH is 1. The highest BCUT2D eigenvalue weighted by atomic mass is 16.5. The van der Waals surface area contributed by atoms with Gasteiger partial charge in [-0.25, -0.2) is 0 Å². The van der Waals surface area contributed by atoms with E-state index >= 15 is 0 Å². The summed E-state index contributed by atoms with van der Waals surface area (Å²) in [6.07, 6.45) is 0. The summed E-state index contributed by atoms with van der Waals surface area (Å²) in [5.41, 5.74) is 2.29. The molecule has 2 heteroatoms. The van der Waals surface area contributed by atoms with Gasteiger partial charge in [-0.1, -0.05) is 24.3 Å². The number of ether oxygens (including phenoxy) is 1. The summed E-state index contributed by atoms with van der Waals surface area (Å²) < 4.78 is 5.51. The van der Waals surface area contributed by atoms with E-state index in [4.69, 9.17) is 9.84 Å². The van der Waals surface area contributed by atoms with Crippen molar-refractivity contribution in [2.24, 2.45) is 0 Å². The number of benzene rings is 1. The standard InChI is InChI=1S/C10H12O2/c1-10(12-7-6-11)8-4-2-3-5-9(8)10/h2-5,11H,6-7H2,1H3. The molecule has 0 heterocycles. The molecule has 2 nitrogen and oxygen atoms in total. The Labute approximate surface area is 71.8 Å². The number of aliphatic hydroxyl groups is 1. The minimum absolute atomic E-state index is 0.0869. The van der Waals surface area contributed by atoms with E-state index in [0.717, 1.165) is 0 Å². The van der Waals surface area contributed by atoms with Crippen LogP contribution in [0.5, 0.6) is 0 Å². The van der Waals surface area contributed by atoms with E-state index in [2.05, 4.69) is 12.1 Å². The molecule has 0 saturated heterocycles. The first-order valence-electron chi connectivity index (χ1n) is 4.14. The van der Waals surface area contributed by atoms with Gasteiger partial charge >= 0.3 is 0 Å². The smallest absolute Gasteiger partial charge is 0.116 e. The highest BCUT2D eigenvalue weighted by molar-refractivity contribution is 5.55. The monoisotopic (exact) mass is 164 g/mol. The predicted octanol–water partition coefficient (Wildman–Crippen LogP) is 1.27. The molecule has 0 aliphatic heterocycles. The average Bonchev–Trinajstić information content (AvgIpc) is 2.71. The Kier molecular flexibility index (Phi) is 1.67. The van der Waals surface area contributed by atoms with E-state index in [1.54, 1.807) is 0 Å². The Bertz CT molecular complexity index is 271. The summed E-state index contributed by atoms with van der Waals surface area (Å²) >= 11 is 0. The van der Waals surface area contributed by atoms with E-state index in [1.807, 2.05) is 19.1 Å². The van der Waals surface area contributed by atoms with E-state index in [1.165, 1.54) is 11.1 Å². The molecule has 0 atom stereocenters.